The molecular weight excluding hydrogens is 997 g/mol. The summed E-state index contributed by atoms with van der Waals surface area (Å²) in [5.41, 5.74) is 6.87. The maximum atomic E-state index is 14.2. The minimum atomic E-state index is -0.940. The van der Waals surface area contributed by atoms with Crippen molar-refractivity contribution >= 4 is 76.2 Å². The Morgan fingerprint density at radius 1 is 0.731 bits per heavy atom. The quantitative estimate of drug-likeness (QED) is 0.0381. The molecule has 2 N–H and O–H groups in total. The van der Waals surface area contributed by atoms with Gasteiger partial charge in [0, 0.05) is 80.7 Å². The number of carbonyl (C=O) groups excluding carboxylic acids is 6. The Kier molecular flexibility index (Phi) is 18.0. The first-order valence-electron chi connectivity index (χ1n) is 25.8. The number of aliphatic imine (C=N–C) groups is 2. The third-order valence-corrected chi connectivity index (χ3v) is 13.7. The Morgan fingerprint density at radius 2 is 1.29 bits per heavy atom. The van der Waals surface area contributed by atoms with Gasteiger partial charge in [0.05, 0.1) is 68.1 Å². The molecule has 0 radical (unpaired) electrons. The lowest BCUT2D eigenvalue weighted by atomic mass is 9.89. The molecule has 0 saturated heterocycles. The number of aryl methyl sites for hydroxylation is 1. The van der Waals surface area contributed by atoms with E-state index in [4.69, 9.17) is 38.4 Å². The zero-order valence-corrected chi connectivity index (χ0v) is 44.5. The van der Waals surface area contributed by atoms with Gasteiger partial charge in [-0.1, -0.05) is 63.4 Å². The number of carbonyl (C=O) groups is 6. The number of methoxy groups -OCH3 is 2. The monoisotopic (exact) mass is 1060 g/mol. The lowest BCUT2D eigenvalue weighted by Gasteiger charge is -2.23. The van der Waals surface area contributed by atoms with Crippen LogP contribution in [-0.2, 0) is 23.9 Å². The molecule has 0 fully saturated rings. The lowest BCUT2D eigenvalue weighted by molar-refractivity contribution is -0.143. The Balaban J connectivity index is 0.859. The van der Waals surface area contributed by atoms with Crippen LogP contribution in [-0.4, -0.2) is 117 Å². The number of nitrogens with zero attached hydrogens (tertiary/aromatic N) is 4. The molecule has 8 rings (SSSR count). The maximum absolute atomic E-state index is 14.2. The Morgan fingerprint density at radius 3 is 1.87 bits per heavy atom. The van der Waals surface area contributed by atoms with Gasteiger partial charge in [-0.15, -0.1) is 0 Å². The number of hydrogen-bond acceptors (Lipinski definition) is 14. The minimum absolute atomic E-state index is 0.0103. The first-order chi connectivity index (χ1) is 37.7. The van der Waals surface area contributed by atoms with Gasteiger partial charge in [-0.25, -0.2) is 4.79 Å². The molecule has 0 saturated carbocycles. The normalized spacial score (nSPS) is 16.7. The van der Waals surface area contributed by atoms with Gasteiger partial charge in [0.2, 0.25) is 5.91 Å². The van der Waals surface area contributed by atoms with Crippen molar-refractivity contribution in [1.29, 1.82) is 0 Å². The molecule has 4 amide bonds. The van der Waals surface area contributed by atoms with E-state index in [1.54, 1.807) is 67.4 Å². The van der Waals surface area contributed by atoms with Crippen LogP contribution in [0, 0.1) is 18.8 Å². The molecule has 0 aliphatic carbocycles. The summed E-state index contributed by atoms with van der Waals surface area (Å²) in [7, 11) is 3.14. The Hall–Kier alpha value is -8.80. The number of ether oxygens (including phenoxy) is 6. The predicted molar refractivity (Wildman–Crippen MR) is 296 cm³/mol. The van der Waals surface area contributed by atoms with Crippen LogP contribution in [0.1, 0.15) is 89.8 Å². The van der Waals surface area contributed by atoms with Crippen LogP contribution in [0.25, 0.3) is 11.1 Å². The lowest BCUT2D eigenvalue weighted by Crippen LogP contribution is -2.45. The number of nitrogens with one attached hydrogen (secondary N) is 2. The van der Waals surface area contributed by atoms with Crippen molar-refractivity contribution in [3.05, 3.63) is 138 Å². The van der Waals surface area contributed by atoms with Crippen LogP contribution in [0.15, 0.2) is 120 Å². The van der Waals surface area contributed by atoms with Crippen molar-refractivity contribution in [2.75, 3.05) is 46.0 Å². The van der Waals surface area contributed by atoms with E-state index >= 15 is 0 Å². The van der Waals surface area contributed by atoms with Crippen LogP contribution in [0.4, 0.5) is 21.9 Å². The standard InChI is InChI=1S/C60H64N6O12/c1-8-21-77-55(68)20-15-40(28-51(67)56(36(3)4)64-60(72)78-22-9-2)57(69)63-43-16-11-38(12-17-43)41-26-45-33-62-50-31-54(53(74-7)29-48(50)59(71)66(45)34-41)76-24-10-23-75-52-30-49-47(25-37(52)5)58(70)65-35-42(27-44(65)32-61-49)39-13-18-46(73-6)19-14-39/h8-9,11-14,16-19,25,29-36,40,44-45,56H,1-2,10,15,20-24,26-28H2,3-7H3,(H,63,69)(H,64,72)/t40-,44+,45+,56+/m1/s1. The van der Waals surface area contributed by atoms with Gasteiger partial charge >= 0.3 is 12.1 Å². The molecule has 4 aromatic rings. The number of benzene rings is 4. The maximum Gasteiger partial charge on any atom is 0.408 e. The summed E-state index contributed by atoms with van der Waals surface area (Å²) in [6, 6.07) is 20.4. The van der Waals surface area contributed by atoms with Crippen LogP contribution >= 0.6 is 0 Å². The average molecular weight is 1060 g/mol. The minimum Gasteiger partial charge on any atom is -0.497 e. The van der Waals surface area contributed by atoms with E-state index in [-0.39, 0.29) is 68.9 Å². The molecule has 4 heterocycles. The van der Waals surface area contributed by atoms with Crippen LogP contribution in [0.3, 0.4) is 0 Å². The molecule has 18 nitrogen and oxygen atoms in total. The molecule has 0 bridgehead atoms. The second-order valence-corrected chi connectivity index (χ2v) is 19.5. The number of alkyl carbamates (subject to hydrolysis) is 1. The average Bonchev–Trinajstić information content (AvgIpc) is 4.03. The molecule has 0 unspecified atom stereocenters. The molecule has 4 aliphatic rings. The number of fused-ring (bicyclic) bond motifs is 4. The summed E-state index contributed by atoms with van der Waals surface area (Å²) in [6.45, 7) is 13.1. The summed E-state index contributed by atoms with van der Waals surface area (Å²) in [4.78, 5) is 92.9. The third kappa shape index (κ3) is 13.1. The van der Waals surface area contributed by atoms with Gasteiger partial charge in [-0.05, 0) is 83.5 Å². The van der Waals surface area contributed by atoms with E-state index < -0.39 is 35.7 Å². The summed E-state index contributed by atoms with van der Waals surface area (Å²) < 4.78 is 33.5. The number of ketones is 1. The molecule has 4 aliphatic heterocycles. The fourth-order valence-electron chi connectivity index (χ4n) is 9.53. The second-order valence-electron chi connectivity index (χ2n) is 19.5. The fourth-order valence-corrected chi connectivity index (χ4v) is 9.53. The number of anilines is 1. The van der Waals surface area contributed by atoms with E-state index in [1.807, 2.05) is 67.9 Å². The van der Waals surface area contributed by atoms with Crippen molar-refractivity contribution in [1.82, 2.24) is 15.1 Å². The highest BCUT2D eigenvalue weighted by Crippen LogP contribution is 2.41. The SMILES string of the molecule is C=CCOC(=O)CC[C@H](CC(=O)[C@@H](NC(=O)OCC=C)C(C)C)C(=O)Nc1ccc(C2=CN3C(=O)c4cc(OC)c(OCCCOc5cc6c(cc5C)C(=O)N5C=C(c7ccc(OC)cc7)C[C@H]5C=N6)cc4N=C[C@@H]3C2)cc1. The topological polar surface area (TPSA) is 213 Å². The van der Waals surface area contributed by atoms with Crippen molar-refractivity contribution in [2.45, 2.75) is 77.4 Å². The number of rotatable bonds is 24. The second kappa shape index (κ2) is 25.4. The van der Waals surface area contributed by atoms with E-state index in [9.17, 15) is 28.8 Å². The van der Waals surface area contributed by atoms with Gasteiger partial charge in [-0.3, -0.25) is 34.0 Å². The summed E-state index contributed by atoms with van der Waals surface area (Å²) in [5, 5.41) is 5.46. The Bertz CT molecular complexity index is 3090. The van der Waals surface area contributed by atoms with E-state index in [1.165, 1.54) is 19.3 Å². The van der Waals surface area contributed by atoms with Gasteiger partial charge < -0.3 is 48.9 Å². The van der Waals surface area contributed by atoms with Crippen molar-refractivity contribution in [3.63, 3.8) is 0 Å². The fraction of sp³-hybridized carbons (Fsp3) is 0.333. The molecular formula is C60H64N6O12. The summed E-state index contributed by atoms with van der Waals surface area (Å²) in [6.07, 6.45) is 10.6. The molecule has 4 aromatic carbocycles. The molecule has 18 heteroatoms. The number of Topliss-reactive ketones (excluding diaryl/α,β-unsaturated/α-hetero) is 1. The number of amides is 4. The van der Waals surface area contributed by atoms with Crippen LogP contribution in [0.2, 0.25) is 0 Å². The summed E-state index contributed by atoms with van der Waals surface area (Å²) in [5.74, 6) is -0.876. The number of esters is 1. The zero-order valence-electron chi connectivity index (χ0n) is 44.5. The highest BCUT2D eigenvalue weighted by atomic mass is 16.5. The smallest absolute Gasteiger partial charge is 0.408 e. The summed E-state index contributed by atoms with van der Waals surface area (Å²) >= 11 is 0. The van der Waals surface area contributed by atoms with Gasteiger partial charge in [0.1, 0.15) is 24.7 Å². The van der Waals surface area contributed by atoms with E-state index in [2.05, 4.69) is 23.8 Å². The third-order valence-electron chi connectivity index (χ3n) is 13.7. The van der Waals surface area contributed by atoms with E-state index in [0.717, 1.165) is 33.6 Å². The first-order valence-corrected chi connectivity index (χ1v) is 25.8. The molecule has 4 atom stereocenters. The largest absolute Gasteiger partial charge is 0.497 e. The van der Waals surface area contributed by atoms with Gasteiger partial charge in [0.15, 0.2) is 17.3 Å². The van der Waals surface area contributed by atoms with Crippen molar-refractivity contribution in [3.8, 4) is 23.0 Å². The zero-order chi connectivity index (χ0) is 55.5. The van der Waals surface area contributed by atoms with Crippen LogP contribution < -0.4 is 29.6 Å². The van der Waals surface area contributed by atoms with Crippen molar-refractivity contribution < 1.29 is 57.2 Å². The Labute approximate surface area is 453 Å². The van der Waals surface area contributed by atoms with Gasteiger partial charge in [-0.2, -0.15) is 0 Å². The highest BCUT2D eigenvalue weighted by Gasteiger charge is 2.36. The first kappa shape index (κ1) is 55.4. The van der Waals surface area contributed by atoms with Gasteiger partial charge in [0.25, 0.3) is 11.8 Å². The molecule has 0 aromatic heterocycles. The number of hydrogen-bond donors (Lipinski definition) is 2. The van der Waals surface area contributed by atoms with Crippen LogP contribution in [0.5, 0.6) is 23.0 Å². The molecule has 0 spiro atoms. The van der Waals surface area contributed by atoms with E-state index in [0.29, 0.717) is 71.3 Å². The molecule has 406 valence electrons. The highest BCUT2D eigenvalue weighted by molar-refractivity contribution is 6.06. The molecule has 78 heavy (non-hydrogen) atoms. The predicted octanol–water partition coefficient (Wildman–Crippen LogP) is 9.76. The van der Waals surface area contributed by atoms with Crippen molar-refractivity contribution in [2.24, 2.45) is 21.8 Å².